The van der Waals surface area contributed by atoms with E-state index in [1.165, 1.54) is 31.2 Å². The molecular formula is C24H17ClF3N3O4. The van der Waals surface area contributed by atoms with Crippen molar-refractivity contribution < 1.29 is 32.3 Å². The zero-order valence-electron chi connectivity index (χ0n) is 18.0. The lowest BCUT2D eigenvalue weighted by molar-refractivity contribution is -0.137. The lowest BCUT2D eigenvalue weighted by atomic mass is 10.1. The number of ether oxygens (including phenoxy) is 1. The molecule has 0 unspecified atom stereocenters. The van der Waals surface area contributed by atoms with E-state index in [0.717, 1.165) is 12.1 Å². The Labute approximate surface area is 202 Å². The van der Waals surface area contributed by atoms with Gasteiger partial charge in [-0.05, 0) is 49.4 Å². The van der Waals surface area contributed by atoms with Crippen molar-refractivity contribution in [2.24, 2.45) is 5.10 Å². The van der Waals surface area contributed by atoms with Crippen LogP contribution in [0.1, 0.15) is 28.4 Å². The summed E-state index contributed by atoms with van der Waals surface area (Å²) in [5.41, 5.74) is 1.51. The van der Waals surface area contributed by atoms with Gasteiger partial charge in [-0.2, -0.15) is 18.3 Å². The van der Waals surface area contributed by atoms with Crippen molar-refractivity contribution in [3.8, 4) is 5.75 Å². The Morgan fingerprint density at radius 2 is 1.54 bits per heavy atom. The highest BCUT2D eigenvalue weighted by Gasteiger charge is 2.30. The second-order valence-electron chi connectivity index (χ2n) is 7.04. The number of amides is 2. The molecule has 0 aromatic heterocycles. The minimum atomic E-state index is -4.60. The summed E-state index contributed by atoms with van der Waals surface area (Å²) in [6.07, 6.45) is -4.60. The molecule has 0 bridgehead atoms. The van der Waals surface area contributed by atoms with E-state index in [1.54, 1.807) is 30.3 Å². The van der Waals surface area contributed by atoms with Gasteiger partial charge in [-0.3, -0.25) is 9.59 Å². The Bertz CT molecular complexity index is 1310. The molecule has 3 aromatic rings. The van der Waals surface area contributed by atoms with Gasteiger partial charge in [-0.1, -0.05) is 41.9 Å². The van der Waals surface area contributed by atoms with E-state index in [9.17, 15) is 27.6 Å². The maximum Gasteiger partial charge on any atom is 0.416 e. The van der Waals surface area contributed by atoms with Crippen LogP contribution in [0, 0.1) is 0 Å². The molecule has 0 saturated carbocycles. The largest absolute Gasteiger partial charge is 0.422 e. The highest BCUT2D eigenvalue weighted by atomic mass is 35.5. The molecule has 35 heavy (non-hydrogen) atoms. The van der Waals surface area contributed by atoms with Crippen molar-refractivity contribution in [2.75, 3.05) is 5.32 Å². The SMILES string of the molecule is C/C(=N\NC(=O)C(=O)Nc1cccc(C(F)(F)F)c1)c1ccccc1OC(=O)c1ccccc1Cl. The maximum absolute atomic E-state index is 12.8. The van der Waals surface area contributed by atoms with Crippen LogP contribution in [0.25, 0.3) is 0 Å². The second kappa shape index (κ2) is 10.8. The Morgan fingerprint density at radius 1 is 0.886 bits per heavy atom. The number of hydrazone groups is 1. The molecule has 0 heterocycles. The first kappa shape index (κ1) is 25.4. The smallest absolute Gasteiger partial charge is 0.416 e. The monoisotopic (exact) mass is 503 g/mol. The quantitative estimate of drug-likeness (QED) is 0.167. The average Bonchev–Trinajstić information content (AvgIpc) is 2.82. The normalized spacial score (nSPS) is 11.5. The van der Waals surface area contributed by atoms with E-state index in [1.807, 2.05) is 5.43 Å². The van der Waals surface area contributed by atoms with Crippen molar-refractivity contribution in [3.05, 3.63) is 94.5 Å². The third kappa shape index (κ3) is 6.67. The van der Waals surface area contributed by atoms with Gasteiger partial charge in [0.1, 0.15) is 5.75 Å². The Balaban J connectivity index is 1.69. The summed E-state index contributed by atoms with van der Waals surface area (Å²) in [4.78, 5) is 36.7. The highest BCUT2D eigenvalue weighted by Crippen LogP contribution is 2.30. The van der Waals surface area contributed by atoms with Gasteiger partial charge in [0.2, 0.25) is 0 Å². The zero-order chi connectivity index (χ0) is 25.6. The van der Waals surface area contributed by atoms with E-state index in [0.29, 0.717) is 11.6 Å². The number of alkyl halides is 3. The van der Waals surface area contributed by atoms with Crippen molar-refractivity contribution in [2.45, 2.75) is 13.1 Å². The topological polar surface area (TPSA) is 96.9 Å². The molecule has 0 aliphatic rings. The minimum absolute atomic E-state index is 0.126. The van der Waals surface area contributed by atoms with E-state index < -0.39 is 29.5 Å². The number of para-hydroxylation sites is 1. The van der Waals surface area contributed by atoms with E-state index in [4.69, 9.17) is 16.3 Å². The molecule has 0 atom stereocenters. The lowest BCUT2D eigenvalue weighted by Gasteiger charge is -2.11. The third-order valence-corrected chi connectivity index (χ3v) is 4.88. The number of nitrogens with zero attached hydrogens (tertiary/aromatic N) is 1. The molecular weight excluding hydrogens is 487 g/mol. The molecule has 0 spiro atoms. The number of esters is 1. The van der Waals surface area contributed by atoms with Crippen molar-refractivity contribution >= 4 is 40.8 Å². The van der Waals surface area contributed by atoms with Crippen LogP contribution < -0.4 is 15.5 Å². The van der Waals surface area contributed by atoms with Crippen LogP contribution >= 0.6 is 11.6 Å². The molecule has 0 saturated heterocycles. The average molecular weight is 504 g/mol. The van der Waals surface area contributed by atoms with Crippen molar-refractivity contribution in [1.82, 2.24) is 5.43 Å². The standard InChI is InChI=1S/C24H17ClF3N3O4/c1-14(17-9-3-5-12-20(17)35-23(34)18-10-2-4-11-19(18)25)30-31-22(33)21(32)29-16-8-6-7-15(13-16)24(26,27)28/h2-13H,1H3,(H,29,32)(H,31,33)/b30-14+. The fourth-order valence-corrected chi connectivity index (χ4v) is 3.06. The zero-order valence-corrected chi connectivity index (χ0v) is 18.8. The summed E-state index contributed by atoms with van der Waals surface area (Å²) < 4.78 is 43.9. The summed E-state index contributed by atoms with van der Waals surface area (Å²) in [6, 6.07) is 16.5. The van der Waals surface area contributed by atoms with Crippen molar-refractivity contribution in [3.63, 3.8) is 0 Å². The van der Waals surface area contributed by atoms with Gasteiger partial charge in [-0.15, -0.1) is 0 Å². The Hall–Kier alpha value is -4.18. The van der Waals surface area contributed by atoms with Crippen LogP contribution in [0.15, 0.2) is 77.9 Å². The number of benzene rings is 3. The summed E-state index contributed by atoms with van der Waals surface area (Å²) in [5.74, 6) is -3.02. The van der Waals surface area contributed by atoms with Gasteiger partial charge >= 0.3 is 24.0 Å². The summed E-state index contributed by atoms with van der Waals surface area (Å²) in [5, 5.41) is 6.12. The van der Waals surface area contributed by atoms with Gasteiger partial charge in [0, 0.05) is 11.3 Å². The molecule has 2 amide bonds. The van der Waals surface area contributed by atoms with E-state index in [2.05, 4.69) is 10.4 Å². The second-order valence-corrected chi connectivity index (χ2v) is 7.44. The van der Waals surface area contributed by atoms with Crippen LogP contribution in [0.4, 0.5) is 18.9 Å². The highest BCUT2D eigenvalue weighted by molar-refractivity contribution is 6.39. The summed E-state index contributed by atoms with van der Waals surface area (Å²) in [7, 11) is 0. The first-order valence-corrected chi connectivity index (χ1v) is 10.3. The summed E-state index contributed by atoms with van der Waals surface area (Å²) >= 11 is 6.03. The molecule has 180 valence electrons. The van der Waals surface area contributed by atoms with Crippen LogP contribution in [0.2, 0.25) is 5.02 Å². The first-order chi connectivity index (χ1) is 16.6. The fourth-order valence-electron chi connectivity index (χ4n) is 2.84. The Kier molecular flexibility index (Phi) is 7.87. The van der Waals surface area contributed by atoms with E-state index in [-0.39, 0.29) is 27.7 Å². The molecule has 7 nitrogen and oxygen atoms in total. The molecule has 3 rings (SSSR count). The van der Waals surface area contributed by atoms with Crippen LogP contribution in [0.3, 0.4) is 0 Å². The number of nitrogens with one attached hydrogen (secondary N) is 2. The van der Waals surface area contributed by atoms with Gasteiger partial charge in [0.05, 0.1) is 21.9 Å². The van der Waals surface area contributed by atoms with Crippen LogP contribution in [-0.4, -0.2) is 23.5 Å². The molecule has 0 aliphatic heterocycles. The predicted molar refractivity (Wildman–Crippen MR) is 123 cm³/mol. The van der Waals surface area contributed by atoms with Crippen LogP contribution in [-0.2, 0) is 15.8 Å². The molecule has 0 fully saturated rings. The van der Waals surface area contributed by atoms with Gasteiger partial charge in [-0.25, -0.2) is 10.2 Å². The number of anilines is 1. The van der Waals surface area contributed by atoms with Gasteiger partial charge in [0.25, 0.3) is 0 Å². The molecule has 2 N–H and O–H groups in total. The first-order valence-electron chi connectivity index (χ1n) is 9.95. The molecule has 0 radical (unpaired) electrons. The molecule has 3 aromatic carbocycles. The predicted octanol–water partition coefficient (Wildman–Crippen LogP) is 5.06. The van der Waals surface area contributed by atoms with Gasteiger partial charge in [0.15, 0.2) is 0 Å². The fraction of sp³-hybridized carbons (Fsp3) is 0.0833. The van der Waals surface area contributed by atoms with E-state index >= 15 is 0 Å². The molecule has 0 aliphatic carbocycles. The van der Waals surface area contributed by atoms with Gasteiger partial charge < -0.3 is 10.1 Å². The third-order valence-electron chi connectivity index (χ3n) is 4.55. The Morgan fingerprint density at radius 3 is 2.23 bits per heavy atom. The minimum Gasteiger partial charge on any atom is -0.422 e. The van der Waals surface area contributed by atoms with Crippen LogP contribution in [0.5, 0.6) is 5.75 Å². The molecule has 11 heteroatoms. The number of halogens is 4. The summed E-state index contributed by atoms with van der Waals surface area (Å²) in [6.45, 7) is 1.49. The number of hydrogen-bond acceptors (Lipinski definition) is 5. The lowest BCUT2D eigenvalue weighted by Crippen LogP contribution is -2.33. The number of carbonyl (C=O) groups excluding carboxylic acids is 3. The maximum atomic E-state index is 12.8. The number of rotatable bonds is 5. The number of carbonyl (C=O) groups is 3. The number of hydrogen-bond donors (Lipinski definition) is 2. The van der Waals surface area contributed by atoms with Crippen molar-refractivity contribution in [1.29, 1.82) is 0 Å².